The van der Waals surface area contributed by atoms with Crippen LogP contribution >= 0.6 is 0 Å². The Bertz CT molecular complexity index is 29.1. The van der Waals surface area contributed by atoms with Gasteiger partial charge in [-0.3, -0.25) is 7.05 Å². The van der Waals surface area contributed by atoms with Gasteiger partial charge in [0.1, 0.15) is 0 Å². The van der Waals surface area contributed by atoms with Crippen molar-refractivity contribution in [3.63, 3.8) is 0 Å². The Hall–Kier alpha value is 1.06. The molecule has 0 rings (SSSR count). The van der Waals surface area contributed by atoms with E-state index >= 15 is 0 Å². The molecule has 0 aromatic carbocycles. The van der Waals surface area contributed by atoms with Crippen LogP contribution in [0.1, 0.15) is 6.92 Å². The third-order valence-corrected chi connectivity index (χ3v) is 0.752. The van der Waals surface area contributed by atoms with E-state index < -0.39 is 0 Å². The van der Waals surface area contributed by atoms with Crippen molar-refractivity contribution in [2.24, 2.45) is 0 Å². The monoisotopic (exact) mass is 174 g/mol. The number of nitrogens with zero attached hydrogens (tertiary/aromatic N) is 1. The molecule has 0 amide bonds. The maximum Gasteiger partial charge on any atom is 0 e. The second-order valence-electron chi connectivity index (χ2n) is 1.61. The molecule has 41 valence electrons. The third-order valence-electron chi connectivity index (χ3n) is 0.752. The summed E-state index contributed by atoms with van der Waals surface area (Å²) in [6.07, 6.45) is 0. The molecule has 0 aliphatic heterocycles. The normalized spacial score (nSPS) is 13.3. The minimum Gasteiger partial charge on any atom is -0.485 e. The molecule has 0 bridgehead atoms. The fourth-order valence-corrected chi connectivity index (χ4v) is 0. The van der Waals surface area contributed by atoms with Gasteiger partial charge in [0.2, 0.25) is 0 Å². The van der Waals surface area contributed by atoms with Crippen LogP contribution in [-0.4, -0.2) is 18.0 Å². The Balaban J connectivity index is 0. The fourth-order valence-electron chi connectivity index (χ4n) is 0. The van der Waals surface area contributed by atoms with Crippen molar-refractivity contribution >= 4 is 0 Å². The van der Waals surface area contributed by atoms with Gasteiger partial charge in [0.15, 0.2) is 0 Å². The summed E-state index contributed by atoms with van der Waals surface area (Å²) in [6.45, 7) is 5.69. The van der Waals surface area contributed by atoms with E-state index in [9.17, 15) is 0 Å². The predicted octanol–water partition coefficient (Wildman–Crippen LogP) is 0.930. The molecule has 0 N–H and O–H groups in total. The molecular formula is C5H11NY-2. The average molecular weight is 174 g/mol. The summed E-state index contributed by atoms with van der Waals surface area (Å²) in [6, 6.07) is 0.324. The zero-order valence-electron chi connectivity index (χ0n) is 5.02. The van der Waals surface area contributed by atoms with Crippen LogP contribution in [-0.2, 0) is 32.7 Å². The van der Waals surface area contributed by atoms with E-state index in [1.807, 2.05) is 14.0 Å². The van der Waals surface area contributed by atoms with Crippen LogP contribution in [0.25, 0.3) is 0 Å². The summed E-state index contributed by atoms with van der Waals surface area (Å²) in [5, 5.41) is 0. The van der Waals surface area contributed by atoms with E-state index in [1.54, 1.807) is 4.90 Å². The van der Waals surface area contributed by atoms with Crippen molar-refractivity contribution in [2.75, 3.05) is 7.05 Å². The van der Waals surface area contributed by atoms with Crippen LogP contribution in [0.2, 0.25) is 0 Å². The molecule has 0 saturated heterocycles. The number of hydrogen-bond donors (Lipinski definition) is 0. The minimum atomic E-state index is 0. The van der Waals surface area contributed by atoms with Gasteiger partial charge >= 0.3 is 0 Å². The summed E-state index contributed by atoms with van der Waals surface area (Å²) >= 11 is 0. The van der Waals surface area contributed by atoms with Crippen LogP contribution < -0.4 is 0 Å². The topological polar surface area (TPSA) is 3.24 Å². The fraction of sp³-hybridized carbons (Fsp3) is 0.600. The summed E-state index contributed by atoms with van der Waals surface area (Å²) in [5.74, 6) is 0. The largest absolute Gasteiger partial charge is 0.485 e. The molecule has 0 aromatic rings. The molecule has 1 nitrogen and oxygen atoms in total. The molecule has 7 heavy (non-hydrogen) atoms. The summed E-state index contributed by atoms with van der Waals surface area (Å²) < 4.78 is 0. The molecule has 1 unspecified atom stereocenters. The quantitative estimate of drug-likeness (QED) is 0.534. The molecule has 0 aromatic heterocycles. The van der Waals surface area contributed by atoms with Gasteiger partial charge < -0.3 is 11.8 Å². The average Bonchev–Trinajstić information content (AvgIpc) is 1.36. The maximum absolute atomic E-state index is 3.70. The van der Waals surface area contributed by atoms with E-state index in [1.165, 1.54) is 0 Å². The van der Waals surface area contributed by atoms with E-state index in [0.717, 1.165) is 0 Å². The Kier molecular flexibility index (Phi) is 8.14. The Morgan fingerprint density at radius 2 is 1.71 bits per heavy atom. The Labute approximate surface area is 71.3 Å². The van der Waals surface area contributed by atoms with Gasteiger partial charge in [-0.2, -0.15) is 6.04 Å². The van der Waals surface area contributed by atoms with E-state index in [0.29, 0.717) is 6.04 Å². The molecule has 0 aliphatic rings. The zero-order chi connectivity index (χ0) is 5.15. The van der Waals surface area contributed by atoms with Crippen molar-refractivity contribution in [1.29, 1.82) is 0 Å². The second-order valence-corrected chi connectivity index (χ2v) is 1.61. The number of rotatable bonds is 1. The van der Waals surface area contributed by atoms with Gasteiger partial charge in [-0.1, -0.05) is 6.92 Å². The van der Waals surface area contributed by atoms with Crippen molar-refractivity contribution in [3.8, 4) is 0 Å². The standard InChI is InChI=1S/C5H11N.Y/c1-5(2)6(3)4;/h5H,1,3H2,2,4H3;/q-2;. The van der Waals surface area contributed by atoms with Crippen molar-refractivity contribution in [1.82, 2.24) is 4.90 Å². The molecule has 1 atom stereocenters. The third kappa shape index (κ3) is 7.06. The van der Waals surface area contributed by atoms with Gasteiger partial charge in [-0.15, -0.1) is 0 Å². The first-order valence-electron chi connectivity index (χ1n) is 2.01. The van der Waals surface area contributed by atoms with Gasteiger partial charge in [0.25, 0.3) is 0 Å². The zero-order valence-corrected chi connectivity index (χ0v) is 7.85. The van der Waals surface area contributed by atoms with Crippen molar-refractivity contribution in [2.45, 2.75) is 13.0 Å². The van der Waals surface area contributed by atoms with Crippen LogP contribution in [0.3, 0.4) is 0 Å². The molecule has 0 fully saturated rings. The van der Waals surface area contributed by atoms with Crippen molar-refractivity contribution < 1.29 is 32.7 Å². The van der Waals surface area contributed by atoms with Crippen LogP contribution in [0, 0.1) is 14.0 Å². The minimum absolute atomic E-state index is 0. The molecule has 1 radical (unpaired) electrons. The van der Waals surface area contributed by atoms with Gasteiger partial charge in [0, 0.05) is 32.7 Å². The molecular weight excluding hydrogens is 163 g/mol. The molecule has 0 saturated carbocycles. The second kappa shape index (κ2) is 5.21. The van der Waals surface area contributed by atoms with E-state index in [4.69, 9.17) is 0 Å². The van der Waals surface area contributed by atoms with Crippen molar-refractivity contribution in [3.05, 3.63) is 14.0 Å². The smallest absolute Gasteiger partial charge is 0 e. The SMILES string of the molecule is [CH2-]C(C)N([CH2-])C.[Y]. The van der Waals surface area contributed by atoms with Crippen LogP contribution in [0.15, 0.2) is 0 Å². The van der Waals surface area contributed by atoms with Gasteiger partial charge in [0.05, 0.1) is 0 Å². The first kappa shape index (κ1) is 10.9. The summed E-state index contributed by atoms with van der Waals surface area (Å²) in [4.78, 5) is 1.81. The molecule has 0 aliphatic carbocycles. The predicted molar refractivity (Wildman–Crippen MR) is 27.9 cm³/mol. The maximum atomic E-state index is 3.70. The van der Waals surface area contributed by atoms with E-state index in [2.05, 4.69) is 14.0 Å². The summed E-state index contributed by atoms with van der Waals surface area (Å²) in [5.41, 5.74) is 0. The van der Waals surface area contributed by atoms with Gasteiger partial charge in [-0.25, -0.2) is 0 Å². The molecule has 0 spiro atoms. The first-order chi connectivity index (χ1) is 2.64. The first-order valence-corrected chi connectivity index (χ1v) is 2.01. The van der Waals surface area contributed by atoms with E-state index in [-0.39, 0.29) is 32.7 Å². The Morgan fingerprint density at radius 3 is 1.71 bits per heavy atom. The Morgan fingerprint density at radius 1 is 1.57 bits per heavy atom. The van der Waals surface area contributed by atoms with Crippen LogP contribution in [0.4, 0.5) is 0 Å². The molecule has 2 heteroatoms. The van der Waals surface area contributed by atoms with Gasteiger partial charge in [-0.05, 0) is 7.05 Å². The molecule has 0 heterocycles. The number of hydrogen-bond acceptors (Lipinski definition) is 1. The van der Waals surface area contributed by atoms with Crippen LogP contribution in [0.5, 0.6) is 0 Å². The summed E-state index contributed by atoms with van der Waals surface area (Å²) in [7, 11) is 5.51.